The van der Waals surface area contributed by atoms with Crippen LogP contribution in [0.25, 0.3) is 0 Å². The molecule has 130 valence electrons. The van der Waals surface area contributed by atoms with Crippen molar-refractivity contribution in [2.24, 2.45) is 0 Å². The number of aromatic nitrogens is 2. The zero-order chi connectivity index (χ0) is 18.0. The second-order valence-corrected chi connectivity index (χ2v) is 6.02. The second-order valence-electron chi connectivity index (χ2n) is 6.02. The molecule has 0 bridgehead atoms. The van der Waals surface area contributed by atoms with Crippen molar-refractivity contribution in [1.82, 2.24) is 14.9 Å². The van der Waals surface area contributed by atoms with E-state index in [2.05, 4.69) is 15.3 Å². The molecule has 1 atom stereocenters. The maximum atomic E-state index is 12.9. The maximum absolute atomic E-state index is 12.9. The van der Waals surface area contributed by atoms with Crippen molar-refractivity contribution in [3.63, 3.8) is 0 Å². The molecule has 2 amide bonds. The number of carbonyl (C=O) groups excluding carboxylic acids is 2. The van der Waals surface area contributed by atoms with Crippen LogP contribution in [0.4, 0.5) is 11.5 Å². The fraction of sp³-hybridized carbons (Fsp3) is 0.333. The van der Waals surface area contributed by atoms with Gasteiger partial charge in [-0.2, -0.15) is 0 Å². The molecule has 1 unspecified atom stereocenters. The van der Waals surface area contributed by atoms with Gasteiger partial charge in [0.25, 0.3) is 5.91 Å². The third kappa shape index (κ3) is 3.17. The first-order chi connectivity index (χ1) is 12.0. The lowest BCUT2D eigenvalue weighted by Crippen LogP contribution is -2.38. The summed E-state index contributed by atoms with van der Waals surface area (Å²) < 4.78 is 0. The molecule has 0 aromatic carbocycles. The molecule has 7 heteroatoms. The fourth-order valence-corrected chi connectivity index (χ4v) is 3.03. The summed E-state index contributed by atoms with van der Waals surface area (Å²) in [5.74, 6) is 0.409. The molecule has 0 aliphatic carbocycles. The van der Waals surface area contributed by atoms with Crippen molar-refractivity contribution in [3.8, 4) is 0 Å². The Bertz CT molecular complexity index is 793. The van der Waals surface area contributed by atoms with E-state index in [9.17, 15) is 9.59 Å². The lowest BCUT2D eigenvalue weighted by Gasteiger charge is -2.29. The number of anilines is 2. The Morgan fingerprint density at radius 3 is 2.92 bits per heavy atom. The minimum Gasteiger partial charge on any atom is -0.359 e. The summed E-state index contributed by atoms with van der Waals surface area (Å²) in [6.45, 7) is 2.24. The van der Waals surface area contributed by atoms with Gasteiger partial charge >= 0.3 is 0 Å². The summed E-state index contributed by atoms with van der Waals surface area (Å²) in [5.41, 5.74) is 2.05. The van der Waals surface area contributed by atoms with Gasteiger partial charge in [-0.25, -0.2) is 4.98 Å². The number of hydrogen-bond acceptors (Lipinski definition) is 5. The molecule has 0 radical (unpaired) electrons. The van der Waals surface area contributed by atoms with Gasteiger partial charge in [-0.3, -0.25) is 14.6 Å². The fourth-order valence-electron chi connectivity index (χ4n) is 3.03. The third-order valence-electron chi connectivity index (χ3n) is 4.50. The van der Waals surface area contributed by atoms with Crippen molar-refractivity contribution in [1.29, 1.82) is 0 Å². The Kier molecular flexibility index (Phi) is 4.65. The summed E-state index contributed by atoms with van der Waals surface area (Å²) in [4.78, 5) is 36.4. The first-order valence-corrected chi connectivity index (χ1v) is 8.20. The number of rotatable bonds is 4. The lowest BCUT2D eigenvalue weighted by molar-refractivity contribution is -0.116. The van der Waals surface area contributed by atoms with Crippen LogP contribution < -0.4 is 10.2 Å². The Morgan fingerprint density at radius 1 is 1.44 bits per heavy atom. The molecule has 1 aliphatic heterocycles. The summed E-state index contributed by atoms with van der Waals surface area (Å²) >= 11 is 0. The number of nitrogens with one attached hydrogen (secondary N) is 1. The molecule has 0 saturated carbocycles. The first kappa shape index (κ1) is 16.9. The Balaban J connectivity index is 1.89. The topological polar surface area (TPSA) is 78.4 Å². The quantitative estimate of drug-likeness (QED) is 0.923. The van der Waals surface area contributed by atoms with Crippen LogP contribution in [0.1, 0.15) is 35.3 Å². The summed E-state index contributed by atoms with van der Waals surface area (Å²) in [7, 11) is 3.46. The molecule has 2 aromatic heterocycles. The van der Waals surface area contributed by atoms with Gasteiger partial charge in [-0.15, -0.1) is 0 Å². The van der Waals surface area contributed by atoms with Crippen molar-refractivity contribution in [2.75, 3.05) is 30.9 Å². The zero-order valence-corrected chi connectivity index (χ0v) is 14.6. The van der Waals surface area contributed by atoms with Gasteiger partial charge in [0.1, 0.15) is 5.82 Å². The molecular weight excluding hydrogens is 318 g/mol. The average molecular weight is 339 g/mol. The molecule has 0 spiro atoms. The van der Waals surface area contributed by atoms with Crippen molar-refractivity contribution < 1.29 is 9.59 Å². The zero-order valence-electron chi connectivity index (χ0n) is 14.6. The van der Waals surface area contributed by atoms with Crippen LogP contribution in [0.15, 0.2) is 36.8 Å². The van der Waals surface area contributed by atoms with Crippen molar-refractivity contribution >= 4 is 23.3 Å². The van der Waals surface area contributed by atoms with E-state index in [1.165, 1.54) is 4.90 Å². The molecule has 3 heterocycles. The van der Waals surface area contributed by atoms with Gasteiger partial charge in [0.15, 0.2) is 0 Å². The Morgan fingerprint density at radius 2 is 2.24 bits per heavy atom. The van der Waals surface area contributed by atoms with Crippen molar-refractivity contribution in [2.45, 2.75) is 19.4 Å². The normalized spacial score (nSPS) is 14.5. The smallest absolute Gasteiger partial charge is 0.255 e. The van der Waals surface area contributed by atoms with E-state index >= 15 is 0 Å². The standard InChI is InChI=1S/C18H21N5O2/c1-4-14(12-6-5-7-19-9-12)23(3)18(25)13-8-15-17(20-10-13)21-11-16(24)22(15)2/h5-10,14H,4,11H2,1-3H3,(H,20,21). The predicted molar refractivity (Wildman–Crippen MR) is 95.5 cm³/mol. The molecule has 2 aromatic rings. The van der Waals surface area contributed by atoms with Gasteiger partial charge in [0.2, 0.25) is 5.91 Å². The molecule has 1 aliphatic rings. The minimum absolute atomic E-state index is 0.0611. The van der Waals surface area contributed by atoms with Crippen molar-refractivity contribution in [3.05, 3.63) is 47.9 Å². The highest BCUT2D eigenvalue weighted by atomic mass is 16.2. The number of nitrogens with zero attached hydrogens (tertiary/aromatic N) is 4. The van der Waals surface area contributed by atoms with Crippen LogP contribution >= 0.6 is 0 Å². The number of hydrogen-bond donors (Lipinski definition) is 1. The monoisotopic (exact) mass is 339 g/mol. The first-order valence-electron chi connectivity index (χ1n) is 8.20. The van der Waals surface area contributed by atoms with E-state index in [-0.39, 0.29) is 24.4 Å². The maximum Gasteiger partial charge on any atom is 0.255 e. The highest BCUT2D eigenvalue weighted by Gasteiger charge is 2.26. The summed E-state index contributed by atoms with van der Waals surface area (Å²) in [5, 5.41) is 2.96. The van der Waals surface area contributed by atoms with Crippen LogP contribution in [0.2, 0.25) is 0 Å². The minimum atomic E-state index is -0.141. The SMILES string of the molecule is CCC(c1cccnc1)N(C)C(=O)c1cnc2c(c1)N(C)C(=O)CN2. The van der Waals surface area contributed by atoms with Crippen LogP contribution in [0.5, 0.6) is 0 Å². The van der Waals surface area contributed by atoms with E-state index in [4.69, 9.17) is 0 Å². The van der Waals surface area contributed by atoms with E-state index in [0.717, 1.165) is 12.0 Å². The number of fused-ring (bicyclic) bond motifs is 1. The highest BCUT2D eigenvalue weighted by molar-refractivity contribution is 6.03. The predicted octanol–water partition coefficient (Wildman–Crippen LogP) is 2.09. The molecule has 0 fully saturated rings. The van der Waals surface area contributed by atoms with Gasteiger partial charge < -0.3 is 15.1 Å². The highest BCUT2D eigenvalue weighted by Crippen LogP contribution is 2.29. The summed E-state index contributed by atoms with van der Waals surface area (Å²) in [6.07, 6.45) is 5.81. The van der Waals surface area contributed by atoms with E-state index in [1.807, 2.05) is 19.1 Å². The van der Waals surface area contributed by atoms with Gasteiger partial charge in [0.05, 0.1) is 23.8 Å². The number of likely N-dealkylation sites (N-methyl/N-ethyl adjacent to an activating group) is 1. The number of pyridine rings is 2. The van der Waals surface area contributed by atoms with Crippen LogP contribution in [-0.2, 0) is 4.79 Å². The molecule has 25 heavy (non-hydrogen) atoms. The van der Waals surface area contributed by atoms with Gasteiger partial charge in [-0.05, 0) is 24.1 Å². The van der Waals surface area contributed by atoms with E-state index < -0.39 is 0 Å². The van der Waals surface area contributed by atoms with Gasteiger partial charge in [0, 0.05) is 32.7 Å². The molecule has 7 nitrogen and oxygen atoms in total. The molecular formula is C18H21N5O2. The number of amides is 2. The Labute approximate surface area is 146 Å². The van der Waals surface area contributed by atoms with Gasteiger partial charge in [-0.1, -0.05) is 13.0 Å². The van der Waals surface area contributed by atoms with Crippen LogP contribution in [0, 0.1) is 0 Å². The van der Waals surface area contributed by atoms with E-state index in [1.54, 1.807) is 43.7 Å². The number of carbonyl (C=O) groups is 2. The Hall–Kier alpha value is -2.96. The third-order valence-corrected chi connectivity index (χ3v) is 4.50. The second kappa shape index (κ2) is 6.88. The van der Waals surface area contributed by atoms with E-state index in [0.29, 0.717) is 17.1 Å². The lowest BCUT2D eigenvalue weighted by atomic mass is 10.0. The van der Waals surface area contributed by atoms with Crippen LogP contribution in [0.3, 0.4) is 0 Å². The summed E-state index contributed by atoms with van der Waals surface area (Å²) in [6, 6.07) is 5.46. The molecule has 1 N–H and O–H groups in total. The van der Waals surface area contributed by atoms with Crippen LogP contribution in [-0.4, -0.2) is 47.3 Å². The molecule has 0 saturated heterocycles. The largest absolute Gasteiger partial charge is 0.359 e. The average Bonchev–Trinajstić information content (AvgIpc) is 2.65. The molecule has 3 rings (SSSR count).